The average Bonchev–Trinajstić information content (AvgIpc) is 2.79. The fourth-order valence-corrected chi connectivity index (χ4v) is 4.55. The summed E-state index contributed by atoms with van der Waals surface area (Å²) in [6.07, 6.45) is 0. The number of hydrogen-bond acceptors (Lipinski definition) is 5. The third-order valence-electron chi connectivity index (χ3n) is 5.10. The lowest BCUT2D eigenvalue weighted by molar-refractivity contribution is 0.0773. The number of hydrogen-bond donors (Lipinski definition) is 1. The first-order chi connectivity index (χ1) is 15.7. The molecule has 0 radical (unpaired) electrons. The van der Waals surface area contributed by atoms with Crippen molar-refractivity contribution < 1.29 is 22.7 Å². The summed E-state index contributed by atoms with van der Waals surface area (Å²) in [5.41, 5.74) is 2.32. The van der Waals surface area contributed by atoms with Crippen molar-refractivity contribution >= 4 is 21.6 Å². The highest BCUT2D eigenvalue weighted by Gasteiger charge is 2.21. The van der Waals surface area contributed by atoms with Gasteiger partial charge in [-0.15, -0.1) is 0 Å². The summed E-state index contributed by atoms with van der Waals surface area (Å²) in [6.45, 7) is 4.35. The van der Waals surface area contributed by atoms with Crippen LogP contribution in [0.5, 0.6) is 11.5 Å². The van der Waals surface area contributed by atoms with Crippen molar-refractivity contribution in [3.8, 4) is 11.5 Å². The van der Waals surface area contributed by atoms with Crippen molar-refractivity contribution in [1.82, 2.24) is 4.90 Å². The molecule has 8 heteroatoms. The Bertz CT molecular complexity index is 1220. The first-order valence-corrected chi connectivity index (χ1v) is 11.9. The molecule has 3 rings (SSSR count). The van der Waals surface area contributed by atoms with Gasteiger partial charge in [-0.25, -0.2) is 8.42 Å². The molecule has 0 unspecified atom stereocenters. The van der Waals surface area contributed by atoms with E-state index in [1.165, 1.54) is 18.1 Å². The molecule has 0 aliphatic heterocycles. The standard InChI is InChI=1S/C25H28N2O5S/c1-18-6-5-7-23(16-18)32-15-14-27(3)25(28)20-9-8-19(2)24(17-20)33(29,30)26-21-10-12-22(31-4)13-11-21/h5-13,16-17,26H,14-15H2,1-4H3. The normalized spacial score (nSPS) is 11.0. The Balaban J connectivity index is 1.70. The van der Waals surface area contributed by atoms with Crippen LogP contribution in [0.4, 0.5) is 5.69 Å². The molecule has 174 valence electrons. The highest BCUT2D eigenvalue weighted by atomic mass is 32.2. The van der Waals surface area contributed by atoms with Crippen LogP contribution in [0.15, 0.2) is 71.6 Å². The van der Waals surface area contributed by atoms with Crippen molar-refractivity contribution in [3.05, 3.63) is 83.4 Å². The Morgan fingerprint density at radius 3 is 2.36 bits per heavy atom. The predicted octanol–water partition coefficient (Wildman–Crippen LogP) is 4.26. The zero-order chi connectivity index (χ0) is 24.0. The van der Waals surface area contributed by atoms with Crippen molar-refractivity contribution in [3.63, 3.8) is 0 Å². The molecule has 0 fully saturated rings. The summed E-state index contributed by atoms with van der Waals surface area (Å²) in [5, 5.41) is 0. The van der Waals surface area contributed by atoms with Crippen molar-refractivity contribution in [2.75, 3.05) is 32.0 Å². The zero-order valence-electron chi connectivity index (χ0n) is 19.2. The summed E-state index contributed by atoms with van der Waals surface area (Å²) in [5.74, 6) is 1.07. The molecule has 3 aromatic rings. The number of amides is 1. The molecule has 33 heavy (non-hydrogen) atoms. The summed E-state index contributed by atoms with van der Waals surface area (Å²) >= 11 is 0. The molecule has 0 heterocycles. The molecule has 7 nitrogen and oxygen atoms in total. The van der Waals surface area contributed by atoms with E-state index in [0.717, 1.165) is 11.3 Å². The molecule has 3 aromatic carbocycles. The van der Waals surface area contributed by atoms with E-state index in [-0.39, 0.29) is 16.4 Å². The van der Waals surface area contributed by atoms with Gasteiger partial charge in [0.15, 0.2) is 0 Å². The van der Waals surface area contributed by atoms with E-state index in [4.69, 9.17) is 9.47 Å². The molecule has 0 aliphatic carbocycles. The third-order valence-corrected chi connectivity index (χ3v) is 6.62. The molecular formula is C25H28N2O5S. The van der Waals surface area contributed by atoms with Gasteiger partial charge in [0.2, 0.25) is 0 Å². The summed E-state index contributed by atoms with van der Waals surface area (Å²) in [4.78, 5) is 14.5. The zero-order valence-corrected chi connectivity index (χ0v) is 20.0. The number of carbonyl (C=O) groups excluding carboxylic acids is 1. The van der Waals surface area contributed by atoms with Crippen molar-refractivity contribution in [2.24, 2.45) is 0 Å². The van der Waals surface area contributed by atoms with E-state index < -0.39 is 10.0 Å². The Kier molecular flexibility index (Phi) is 7.60. The minimum Gasteiger partial charge on any atom is -0.497 e. The lowest BCUT2D eigenvalue weighted by Gasteiger charge is -2.19. The monoisotopic (exact) mass is 468 g/mol. The number of anilines is 1. The van der Waals surface area contributed by atoms with Crippen LogP contribution < -0.4 is 14.2 Å². The molecule has 0 spiro atoms. The van der Waals surface area contributed by atoms with Crippen LogP contribution in [0.2, 0.25) is 0 Å². The van der Waals surface area contributed by atoms with Gasteiger partial charge in [0.25, 0.3) is 15.9 Å². The number of sulfonamides is 1. The van der Waals surface area contributed by atoms with E-state index >= 15 is 0 Å². The quantitative estimate of drug-likeness (QED) is 0.507. The largest absolute Gasteiger partial charge is 0.497 e. The lowest BCUT2D eigenvalue weighted by atomic mass is 10.1. The number of aryl methyl sites for hydroxylation is 2. The van der Waals surface area contributed by atoms with E-state index in [1.54, 1.807) is 50.4 Å². The van der Waals surface area contributed by atoms with E-state index in [0.29, 0.717) is 30.2 Å². The maximum atomic E-state index is 13.0. The number of carbonyl (C=O) groups is 1. The Hall–Kier alpha value is -3.52. The van der Waals surface area contributed by atoms with Gasteiger partial charge in [-0.05, 0) is 73.5 Å². The Morgan fingerprint density at radius 2 is 1.70 bits per heavy atom. The molecule has 1 amide bonds. The first kappa shape index (κ1) is 24.1. The second-order valence-electron chi connectivity index (χ2n) is 7.71. The predicted molar refractivity (Wildman–Crippen MR) is 129 cm³/mol. The van der Waals surface area contributed by atoms with Crippen molar-refractivity contribution in [2.45, 2.75) is 18.7 Å². The minimum atomic E-state index is -3.89. The van der Waals surface area contributed by atoms with Crippen LogP contribution in [0.3, 0.4) is 0 Å². The number of benzene rings is 3. The van der Waals surface area contributed by atoms with Crippen LogP contribution in [0, 0.1) is 13.8 Å². The minimum absolute atomic E-state index is 0.0496. The van der Waals surface area contributed by atoms with E-state index in [1.807, 2.05) is 31.2 Å². The van der Waals surface area contributed by atoms with Crippen LogP contribution in [-0.2, 0) is 10.0 Å². The fraction of sp³-hybridized carbons (Fsp3) is 0.240. The van der Waals surface area contributed by atoms with E-state index in [9.17, 15) is 13.2 Å². The summed E-state index contributed by atoms with van der Waals surface area (Å²) in [7, 11) is -0.692. The van der Waals surface area contributed by atoms with Crippen LogP contribution in [0.1, 0.15) is 21.5 Å². The van der Waals surface area contributed by atoms with Crippen molar-refractivity contribution in [1.29, 1.82) is 0 Å². The summed E-state index contributed by atoms with van der Waals surface area (Å²) < 4.78 is 39.3. The lowest BCUT2D eigenvalue weighted by Crippen LogP contribution is -2.31. The topological polar surface area (TPSA) is 84.9 Å². The number of methoxy groups -OCH3 is 1. The number of nitrogens with zero attached hydrogens (tertiary/aromatic N) is 1. The van der Waals surface area contributed by atoms with Crippen LogP contribution in [-0.4, -0.2) is 46.5 Å². The SMILES string of the molecule is COc1ccc(NS(=O)(=O)c2cc(C(=O)N(C)CCOc3cccc(C)c3)ccc2C)cc1. The molecular weight excluding hydrogens is 440 g/mol. The smallest absolute Gasteiger partial charge is 0.262 e. The molecule has 0 atom stereocenters. The van der Waals surface area contributed by atoms with Gasteiger partial charge in [0.05, 0.1) is 18.6 Å². The highest BCUT2D eigenvalue weighted by Crippen LogP contribution is 2.23. The average molecular weight is 469 g/mol. The van der Waals surface area contributed by atoms with Gasteiger partial charge in [-0.3, -0.25) is 9.52 Å². The third kappa shape index (κ3) is 6.26. The number of nitrogens with one attached hydrogen (secondary N) is 1. The molecule has 0 saturated carbocycles. The van der Waals surface area contributed by atoms with Gasteiger partial charge >= 0.3 is 0 Å². The second-order valence-corrected chi connectivity index (χ2v) is 9.36. The molecule has 0 aromatic heterocycles. The van der Waals surface area contributed by atoms with Gasteiger partial charge in [0, 0.05) is 18.3 Å². The number of likely N-dealkylation sites (N-methyl/N-ethyl adjacent to an activating group) is 1. The summed E-state index contributed by atoms with van der Waals surface area (Å²) in [6, 6.07) is 18.9. The van der Waals surface area contributed by atoms with E-state index in [2.05, 4.69) is 4.72 Å². The molecule has 0 aliphatic rings. The van der Waals surface area contributed by atoms with Gasteiger partial charge in [-0.2, -0.15) is 0 Å². The number of rotatable bonds is 9. The molecule has 1 N–H and O–H groups in total. The molecule has 0 bridgehead atoms. The number of ether oxygens (including phenoxy) is 2. The van der Waals surface area contributed by atoms with Gasteiger partial charge in [-0.1, -0.05) is 18.2 Å². The maximum absolute atomic E-state index is 13.0. The fourth-order valence-electron chi connectivity index (χ4n) is 3.22. The second kappa shape index (κ2) is 10.4. The van der Waals surface area contributed by atoms with Crippen LogP contribution in [0.25, 0.3) is 0 Å². The Morgan fingerprint density at radius 1 is 0.970 bits per heavy atom. The molecule has 0 saturated heterocycles. The van der Waals surface area contributed by atoms with Gasteiger partial charge < -0.3 is 14.4 Å². The first-order valence-electron chi connectivity index (χ1n) is 10.4. The van der Waals surface area contributed by atoms with Gasteiger partial charge in [0.1, 0.15) is 18.1 Å². The van der Waals surface area contributed by atoms with Crippen LogP contribution >= 0.6 is 0 Å². The Labute approximate surface area is 195 Å². The maximum Gasteiger partial charge on any atom is 0.262 e. The highest BCUT2D eigenvalue weighted by molar-refractivity contribution is 7.92.